The van der Waals surface area contributed by atoms with E-state index in [0.29, 0.717) is 17.2 Å². The van der Waals surface area contributed by atoms with Gasteiger partial charge < -0.3 is 14.0 Å². The Kier molecular flexibility index (Phi) is 4.20. The smallest absolute Gasteiger partial charge is 0.308 e. The molecule has 0 aliphatic rings. The summed E-state index contributed by atoms with van der Waals surface area (Å²) in [4.78, 5) is 11.1. The van der Waals surface area contributed by atoms with E-state index in [4.69, 9.17) is 14.0 Å². The summed E-state index contributed by atoms with van der Waals surface area (Å²) < 4.78 is 15.3. The molecule has 0 aliphatic heterocycles. The summed E-state index contributed by atoms with van der Waals surface area (Å²) in [5, 5.41) is 3.86. The molecule has 1 aromatic heterocycles. The van der Waals surface area contributed by atoms with Gasteiger partial charge in [0.05, 0.1) is 7.11 Å². The summed E-state index contributed by atoms with van der Waals surface area (Å²) in [6.07, 6.45) is 3.58. The SMILES string of the molecule is COc1ccc(/C=C/c2cc(C)on2)c(OC(C)=O)c1. The lowest BCUT2D eigenvalue weighted by molar-refractivity contribution is -0.131. The van der Waals surface area contributed by atoms with Crippen molar-refractivity contribution in [2.75, 3.05) is 7.11 Å². The molecular formula is C15H15NO4. The van der Waals surface area contributed by atoms with Crippen molar-refractivity contribution in [3.05, 3.63) is 41.3 Å². The minimum Gasteiger partial charge on any atom is -0.497 e. The Balaban J connectivity index is 2.29. The number of aryl methyl sites for hydroxylation is 1. The predicted molar refractivity (Wildman–Crippen MR) is 74.5 cm³/mol. The van der Waals surface area contributed by atoms with Gasteiger partial charge in [-0.15, -0.1) is 0 Å². The number of hydrogen-bond acceptors (Lipinski definition) is 5. The Bertz CT molecular complexity index is 643. The standard InChI is InChI=1S/C15H15NO4/c1-10-8-13(16-20-10)6-4-12-5-7-14(18-3)9-15(12)19-11(2)17/h4-9H,1-3H3/b6-4+. The fourth-order valence-corrected chi connectivity index (χ4v) is 1.66. The summed E-state index contributed by atoms with van der Waals surface area (Å²) in [6.45, 7) is 3.18. The molecule has 0 radical (unpaired) electrons. The number of carbonyl (C=O) groups excluding carboxylic acids is 1. The van der Waals surface area contributed by atoms with Gasteiger partial charge in [-0.25, -0.2) is 0 Å². The lowest BCUT2D eigenvalue weighted by Gasteiger charge is -2.07. The predicted octanol–water partition coefficient (Wildman–Crippen LogP) is 3.09. The van der Waals surface area contributed by atoms with E-state index in [0.717, 1.165) is 11.3 Å². The van der Waals surface area contributed by atoms with Crippen molar-refractivity contribution in [1.29, 1.82) is 0 Å². The number of benzene rings is 1. The number of rotatable bonds is 4. The second kappa shape index (κ2) is 6.06. The highest BCUT2D eigenvalue weighted by atomic mass is 16.5. The zero-order valence-corrected chi connectivity index (χ0v) is 11.5. The van der Waals surface area contributed by atoms with Crippen molar-refractivity contribution in [3.63, 3.8) is 0 Å². The van der Waals surface area contributed by atoms with Gasteiger partial charge in [-0.2, -0.15) is 0 Å². The number of ether oxygens (including phenoxy) is 2. The summed E-state index contributed by atoms with van der Waals surface area (Å²) in [7, 11) is 1.56. The highest BCUT2D eigenvalue weighted by Crippen LogP contribution is 2.26. The van der Waals surface area contributed by atoms with Crippen LogP contribution in [0.15, 0.2) is 28.8 Å². The van der Waals surface area contributed by atoms with Gasteiger partial charge in [0.15, 0.2) is 0 Å². The highest BCUT2D eigenvalue weighted by molar-refractivity contribution is 5.76. The third-order valence-electron chi connectivity index (χ3n) is 2.55. The van der Waals surface area contributed by atoms with Gasteiger partial charge in [0.25, 0.3) is 0 Å². The van der Waals surface area contributed by atoms with E-state index in [1.54, 1.807) is 37.5 Å². The molecule has 0 N–H and O–H groups in total. The van der Waals surface area contributed by atoms with Crippen molar-refractivity contribution in [1.82, 2.24) is 5.16 Å². The highest BCUT2D eigenvalue weighted by Gasteiger charge is 2.06. The lowest BCUT2D eigenvalue weighted by atomic mass is 10.1. The van der Waals surface area contributed by atoms with E-state index < -0.39 is 0 Å². The molecule has 5 nitrogen and oxygen atoms in total. The molecule has 0 unspecified atom stereocenters. The van der Waals surface area contributed by atoms with Crippen LogP contribution >= 0.6 is 0 Å². The third kappa shape index (κ3) is 3.47. The Labute approximate surface area is 116 Å². The molecule has 0 aliphatic carbocycles. The minimum absolute atomic E-state index is 0.384. The molecule has 0 saturated carbocycles. The van der Waals surface area contributed by atoms with Crippen LogP contribution in [0.5, 0.6) is 11.5 Å². The molecule has 1 heterocycles. The van der Waals surface area contributed by atoms with Crippen LogP contribution in [0.1, 0.15) is 23.9 Å². The molecule has 5 heteroatoms. The van der Waals surface area contributed by atoms with Crippen LogP contribution in [0.3, 0.4) is 0 Å². The topological polar surface area (TPSA) is 61.6 Å². The second-order valence-corrected chi connectivity index (χ2v) is 4.19. The maximum absolute atomic E-state index is 11.1. The maximum Gasteiger partial charge on any atom is 0.308 e. The number of aromatic nitrogens is 1. The van der Waals surface area contributed by atoms with Crippen LogP contribution in [0.4, 0.5) is 0 Å². The maximum atomic E-state index is 11.1. The van der Waals surface area contributed by atoms with Crippen LogP contribution < -0.4 is 9.47 Å². The van der Waals surface area contributed by atoms with Crippen LogP contribution in [-0.4, -0.2) is 18.2 Å². The second-order valence-electron chi connectivity index (χ2n) is 4.19. The van der Waals surface area contributed by atoms with E-state index in [2.05, 4.69) is 5.16 Å². The van der Waals surface area contributed by atoms with E-state index >= 15 is 0 Å². The van der Waals surface area contributed by atoms with Gasteiger partial charge in [-0.1, -0.05) is 5.16 Å². The fourth-order valence-electron chi connectivity index (χ4n) is 1.66. The average Bonchev–Trinajstić information content (AvgIpc) is 2.82. The molecule has 20 heavy (non-hydrogen) atoms. The van der Waals surface area contributed by atoms with E-state index in [-0.39, 0.29) is 5.97 Å². The largest absolute Gasteiger partial charge is 0.497 e. The third-order valence-corrected chi connectivity index (χ3v) is 2.55. The summed E-state index contributed by atoms with van der Waals surface area (Å²) in [5.74, 6) is 1.41. The fraction of sp³-hybridized carbons (Fsp3) is 0.200. The molecular weight excluding hydrogens is 258 g/mol. The summed E-state index contributed by atoms with van der Waals surface area (Å²) in [6, 6.07) is 7.07. The van der Waals surface area contributed by atoms with Gasteiger partial charge in [0.2, 0.25) is 0 Å². The minimum atomic E-state index is -0.384. The van der Waals surface area contributed by atoms with E-state index in [9.17, 15) is 4.79 Å². The van der Waals surface area contributed by atoms with Crippen molar-refractivity contribution < 1.29 is 18.8 Å². The molecule has 0 amide bonds. The van der Waals surface area contributed by atoms with Gasteiger partial charge in [0, 0.05) is 24.6 Å². The number of nitrogens with zero attached hydrogens (tertiary/aromatic N) is 1. The Hall–Kier alpha value is -2.56. The number of methoxy groups -OCH3 is 1. The molecule has 2 rings (SSSR count). The number of carbonyl (C=O) groups is 1. The lowest BCUT2D eigenvalue weighted by Crippen LogP contribution is -2.03. The molecule has 104 valence electrons. The first kappa shape index (κ1) is 13.9. The number of esters is 1. The summed E-state index contributed by atoms with van der Waals surface area (Å²) >= 11 is 0. The first-order chi connectivity index (χ1) is 9.58. The van der Waals surface area contributed by atoms with Gasteiger partial charge in [-0.3, -0.25) is 4.79 Å². The van der Waals surface area contributed by atoms with Crippen molar-refractivity contribution in [3.8, 4) is 11.5 Å². The Morgan fingerprint density at radius 2 is 2.10 bits per heavy atom. The normalized spacial score (nSPS) is 10.8. The van der Waals surface area contributed by atoms with E-state index in [1.165, 1.54) is 6.92 Å². The molecule has 2 aromatic rings. The zero-order valence-electron chi connectivity index (χ0n) is 11.5. The number of hydrogen-bond donors (Lipinski definition) is 0. The van der Waals surface area contributed by atoms with E-state index in [1.807, 2.05) is 13.0 Å². The van der Waals surface area contributed by atoms with Crippen LogP contribution in [0.25, 0.3) is 12.2 Å². The monoisotopic (exact) mass is 273 g/mol. The van der Waals surface area contributed by atoms with Gasteiger partial charge in [-0.05, 0) is 31.2 Å². The summed E-state index contributed by atoms with van der Waals surface area (Å²) in [5.41, 5.74) is 1.45. The molecule has 0 spiro atoms. The Morgan fingerprint density at radius 1 is 1.30 bits per heavy atom. The molecule has 1 aromatic carbocycles. The van der Waals surface area contributed by atoms with Gasteiger partial charge in [0.1, 0.15) is 23.0 Å². The Morgan fingerprint density at radius 3 is 2.70 bits per heavy atom. The molecule has 0 saturated heterocycles. The first-order valence-electron chi connectivity index (χ1n) is 6.06. The molecule has 0 bridgehead atoms. The molecule has 0 fully saturated rings. The van der Waals surface area contributed by atoms with Crippen LogP contribution in [-0.2, 0) is 4.79 Å². The van der Waals surface area contributed by atoms with Crippen LogP contribution in [0, 0.1) is 6.92 Å². The average molecular weight is 273 g/mol. The molecule has 0 atom stereocenters. The van der Waals surface area contributed by atoms with Crippen molar-refractivity contribution in [2.24, 2.45) is 0 Å². The van der Waals surface area contributed by atoms with Crippen molar-refractivity contribution in [2.45, 2.75) is 13.8 Å². The zero-order chi connectivity index (χ0) is 14.5. The van der Waals surface area contributed by atoms with Gasteiger partial charge >= 0.3 is 5.97 Å². The first-order valence-corrected chi connectivity index (χ1v) is 6.06. The van der Waals surface area contributed by atoms with Crippen LogP contribution in [0.2, 0.25) is 0 Å². The quantitative estimate of drug-likeness (QED) is 0.632. The van der Waals surface area contributed by atoms with Crippen molar-refractivity contribution >= 4 is 18.1 Å².